The van der Waals surface area contributed by atoms with Gasteiger partial charge in [-0.3, -0.25) is 0 Å². The molecular weight excluding hydrogens is 78.0 g/mol. The molecule has 2 radical (unpaired) electrons. The van der Waals surface area contributed by atoms with E-state index in [1.807, 2.05) is 6.92 Å². The molecule has 1 aliphatic heterocycles. The zero-order valence-electron chi connectivity index (χ0n) is 3.76. The van der Waals surface area contributed by atoms with Gasteiger partial charge in [0.15, 0.2) is 6.10 Å². The lowest BCUT2D eigenvalue weighted by molar-refractivity contribution is 0.0665. The molecule has 1 saturated heterocycles. The minimum absolute atomic E-state index is 0.134. The largest absolute Gasteiger partial charge is 0.381 e. The molecule has 0 aliphatic carbocycles. The van der Waals surface area contributed by atoms with Gasteiger partial charge >= 0.3 is 0 Å². The van der Waals surface area contributed by atoms with Crippen LogP contribution in [0.15, 0.2) is 0 Å². The zero-order chi connectivity index (χ0) is 4.57. The Morgan fingerprint density at radius 3 is 2.33 bits per heavy atom. The maximum atomic E-state index is 8.62. The Balaban J connectivity index is 2.20. The van der Waals surface area contributed by atoms with Gasteiger partial charge in [-0.05, 0) is 0 Å². The Kier molecular flexibility index (Phi) is 0.821. The molecule has 2 heteroatoms. The van der Waals surface area contributed by atoms with Gasteiger partial charge in [-0.2, -0.15) is 0 Å². The van der Waals surface area contributed by atoms with Crippen LogP contribution in [0.2, 0.25) is 0 Å². The minimum atomic E-state index is -0.134. The van der Waals surface area contributed by atoms with Crippen LogP contribution in [0, 0.1) is 0 Å². The molecule has 1 fully saturated rings. The van der Waals surface area contributed by atoms with Crippen molar-refractivity contribution in [2.45, 2.75) is 19.1 Å². The first-order valence-electron chi connectivity index (χ1n) is 2.15. The standard InChI is InChI=1S/C4H8NO/c1-3-4(6)2-5-3/h3-4,6H,2H2,1H3/q+1. The lowest BCUT2D eigenvalue weighted by atomic mass is 10.1. The second-order valence-corrected chi connectivity index (χ2v) is 1.67. The molecule has 0 saturated carbocycles. The van der Waals surface area contributed by atoms with Crippen LogP contribution in [-0.2, 0) is 0 Å². The van der Waals surface area contributed by atoms with Gasteiger partial charge in [0, 0.05) is 6.92 Å². The molecule has 1 rings (SSSR count). The van der Waals surface area contributed by atoms with Crippen molar-refractivity contribution < 1.29 is 5.11 Å². The third-order valence-corrected chi connectivity index (χ3v) is 1.14. The number of rotatable bonds is 0. The lowest BCUT2D eigenvalue weighted by Crippen LogP contribution is -2.49. The van der Waals surface area contributed by atoms with Crippen LogP contribution in [0.1, 0.15) is 6.92 Å². The van der Waals surface area contributed by atoms with Crippen LogP contribution >= 0.6 is 0 Å². The normalized spacial score (nSPS) is 45.0. The highest BCUT2D eigenvalue weighted by Crippen LogP contribution is 2.02. The third-order valence-electron chi connectivity index (χ3n) is 1.14. The van der Waals surface area contributed by atoms with Gasteiger partial charge in [-0.25, -0.2) is 0 Å². The molecular formula is C4H8NO+. The number of nitrogens with zero attached hydrogens (tertiary/aromatic N) is 1. The molecule has 34 valence electrons. The summed E-state index contributed by atoms with van der Waals surface area (Å²) in [5, 5.41) is 12.5. The van der Waals surface area contributed by atoms with Crippen molar-refractivity contribution in [3.8, 4) is 0 Å². The van der Waals surface area contributed by atoms with Crippen molar-refractivity contribution >= 4 is 0 Å². The third kappa shape index (κ3) is 0.420. The Labute approximate surface area is 37.2 Å². The molecule has 0 spiro atoms. The van der Waals surface area contributed by atoms with Crippen LogP contribution in [0.5, 0.6) is 0 Å². The van der Waals surface area contributed by atoms with Crippen molar-refractivity contribution in [3.05, 3.63) is 0 Å². The van der Waals surface area contributed by atoms with E-state index >= 15 is 0 Å². The quantitative estimate of drug-likeness (QED) is 0.418. The summed E-state index contributed by atoms with van der Waals surface area (Å²) in [5.74, 6) is 0. The van der Waals surface area contributed by atoms with E-state index in [1.165, 1.54) is 0 Å². The van der Waals surface area contributed by atoms with Gasteiger partial charge in [0.2, 0.25) is 12.6 Å². The van der Waals surface area contributed by atoms with Gasteiger partial charge in [0.25, 0.3) is 0 Å². The second kappa shape index (κ2) is 1.21. The van der Waals surface area contributed by atoms with E-state index in [1.54, 1.807) is 0 Å². The fourth-order valence-corrected chi connectivity index (χ4v) is 0.411. The maximum Gasteiger partial charge on any atom is 0.222 e. The summed E-state index contributed by atoms with van der Waals surface area (Å²) in [5.41, 5.74) is 0. The molecule has 0 amide bonds. The predicted molar refractivity (Wildman–Crippen MR) is 22.5 cm³/mol. The van der Waals surface area contributed by atoms with Crippen LogP contribution in [-0.4, -0.2) is 23.8 Å². The van der Waals surface area contributed by atoms with E-state index in [-0.39, 0.29) is 12.1 Å². The molecule has 1 aliphatic rings. The lowest BCUT2D eigenvalue weighted by Gasteiger charge is -2.12. The van der Waals surface area contributed by atoms with Crippen LogP contribution in [0.3, 0.4) is 0 Å². The van der Waals surface area contributed by atoms with E-state index in [9.17, 15) is 0 Å². The molecule has 0 aromatic rings. The number of hydrogen-bond donors (Lipinski definition) is 1. The van der Waals surface area contributed by atoms with Gasteiger partial charge in [-0.1, -0.05) is 0 Å². The zero-order valence-corrected chi connectivity index (χ0v) is 3.76. The maximum absolute atomic E-state index is 8.62. The first kappa shape index (κ1) is 4.09. The minimum Gasteiger partial charge on any atom is -0.381 e. The molecule has 2 nitrogen and oxygen atoms in total. The van der Waals surface area contributed by atoms with E-state index < -0.39 is 0 Å². The fourth-order valence-electron chi connectivity index (χ4n) is 0.411. The Hall–Kier alpha value is -0.0800. The summed E-state index contributed by atoms with van der Waals surface area (Å²) in [6.07, 6.45) is -0.134. The average molecular weight is 86.1 g/mol. The van der Waals surface area contributed by atoms with Gasteiger partial charge in [0.05, 0.1) is 5.32 Å². The van der Waals surface area contributed by atoms with Crippen molar-refractivity contribution in [2.75, 3.05) is 6.54 Å². The number of hydrogen-bond acceptors (Lipinski definition) is 1. The predicted octanol–water partition coefficient (Wildman–Crippen LogP) is -0.646. The molecule has 2 unspecified atom stereocenters. The Morgan fingerprint density at radius 2 is 2.33 bits per heavy atom. The number of aliphatic hydroxyl groups is 1. The molecule has 6 heavy (non-hydrogen) atoms. The Bertz CT molecular complexity index is 47.5. The fraction of sp³-hybridized carbons (Fsp3) is 1.00. The van der Waals surface area contributed by atoms with Gasteiger partial charge < -0.3 is 5.11 Å². The molecule has 0 aromatic carbocycles. The van der Waals surface area contributed by atoms with Crippen LogP contribution in [0.25, 0.3) is 0 Å². The van der Waals surface area contributed by atoms with E-state index in [2.05, 4.69) is 5.32 Å². The monoisotopic (exact) mass is 86.1 g/mol. The van der Waals surface area contributed by atoms with Crippen molar-refractivity contribution in [1.29, 1.82) is 0 Å². The summed E-state index contributed by atoms with van der Waals surface area (Å²) in [4.78, 5) is 0. The summed E-state index contributed by atoms with van der Waals surface area (Å²) >= 11 is 0. The van der Waals surface area contributed by atoms with Crippen molar-refractivity contribution in [1.82, 2.24) is 5.32 Å². The Morgan fingerprint density at radius 1 is 1.83 bits per heavy atom. The molecule has 0 bridgehead atoms. The highest BCUT2D eigenvalue weighted by Gasteiger charge is 2.39. The SMILES string of the molecule is CC1[N+]CC1O. The first-order chi connectivity index (χ1) is 2.80. The summed E-state index contributed by atoms with van der Waals surface area (Å²) in [7, 11) is 0. The van der Waals surface area contributed by atoms with Gasteiger partial charge in [-0.15, -0.1) is 0 Å². The van der Waals surface area contributed by atoms with Gasteiger partial charge in [0.1, 0.15) is 0 Å². The first-order valence-corrected chi connectivity index (χ1v) is 2.15. The summed E-state index contributed by atoms with van der Waals surface area (Å²) < 4.78 is 0. The van der Waals surface area contributed by atoms with E-state index in [4.69, 9.17) is 5.11 Å². The number of aliphatic hydroxyl groups excluding tert-OH is 1. The molecule has 0 aromatic heterocycles. The van der Waals surface area contributed by atoms with Crippen LogP contribution in [0.4, 0.5) is 0 Å². The van der Waals surface area contributed by atoms with E-state index in [0.717, 1.165) is 0 Å². The summed E-state index contributed by atoms with van der Waals surface area (Å²) in [6, 6.07) is 0.213. The average Bonchev–Trinajstić information content (AvgIpc) is 1.61. The molecule has 2 atom stereocenters. The topological polar surface area (TPSA) is 34.3 Å². The smallest absolute Gasteiger partial charge is 0.222 e. The highest BCUT2D eigenvalue weighted by molar-refractivity contribution is 4.82. The highest BCUT2D eigenvalue weighted by atomic mass is 16.3. The second-order valence-electron chi connectivity index (χ2n) is 1.67. The summed E-state index contributed by atoms with van der Waals surface area (Å²) in [6.45, 7) is 2.56. The van der Waals surface area contributed by atoms with E-state index in [0.29, 0.717) is 6.54 Å². The van der Waals surface area contributed by atoms with Crippen molar-refractivity contribution in [2.24, 2.45) is 0 Å². The molecule has 1 heterocycles. The van der Waals surface area contributed by atoms with Crippen LogP contribution < -0.4 is 5.32 Å². The molecule has 1 N–H and O–H groups in total. The van der Waals surface area contributed by atoms with Crippen molar-refractivity contribution in [3.63, 3.8) is 0 Å².